The summed E-state index contributed by atoms with van der Waals surface area (Å²) in [5, 5.41) is 2.91. The third-order valence-corrected chi connectivity index (χ3v) is 5.71. The first-order chi connectivity index (χ1) is 11.4. The van der Waals surface area contributed by atoms with Crippen molar-refractivity contribution in [1.29, 1.82) is 0 Å². The molecule has 1 saturated heterocycles. The summed E-state index contributed by atoms with van der Waals surface area (Å²) in [6.07, 6.45) is 6.31. The molecule has 0 bridgehead atoms. The van der Waals surface area contributed by atoms with Gasteiger partial charge in [0, 0.05) is 18.8 Å². The summed E-state index contributed by atoms with van der Waals surface area (Å²) in [6.45, 7) is 1.24. The number of rotatable bonds is 4. The summed E-state index contributed by atoms with van der Waals surface area (Å²) in [6, 6.07) is 5.43. The average Bonchev–Trinajstić information content (AvgIpc) is 2.54. The summed E-state index contributed by atoms with van der Waals surface area (Å²) < 4.78 is 30.8. The molecule has 1 amide bonds. The number of hydrogen-bond donors (Lipinski definition) is 1. The van der Waals surface area contributed by atoms with Crippen LogP contribution in [-0.4, -0.2) is 39.8 Å². The van der Waals surface area contributed by atoms with E-state index in [0.29, 0.717) is 18.7 Å². The van der Waals surface area contributed by atoms with Gasteiger partial charge in [-0.25, -0.2) is 8.42 Å². The van der Waals surface area contributed by atoms with E-state index in [0.717, 1.165) is 50.0 Å². The molecule has 132 valence electrons. The molecule has 1 unspecified atom stereocenters. The Morgan fingerprint density at radius 1 is 1.33 bits per heavy atom. The number of fused-ring (bicyclic) bond motifs is 1. The lowest BCUT2D eigenvalue weighted by molar-refractivity contribution is -0.119. The van der Waals surface area contributed by atoms with Crippen molar-refractivity contribution in [2.45, 2.75) is 44.6 Å². The highest BCUT2D eigenvalue weighted by Crippen LogP contribution is 2.31. The maximum Gasteiger partial charge on any atom is 0.232 e. The smallest absolute Gasteiger partial charge is 0.232 e. The van der Waals surface area contributed by atoms with Gasteiger partial charge in [0.15, 0.2) is 0 Å². The molecule has 2 aliphatic heterocycles. The molecule has 0 aromatic heterocycles. The second-order valence-corrected chi connectivity index (χ2v) is 8.43. The molecule has 0 saturated carbocycles. The predicted octanol–water partition coefficient (Wildman–Crippen LogP) is 2.30. The predicted molar refractivity (Wildman–Crippen MR) is 93.8 cm³/mol. The SMILES string of the molecule is CS(=O)(=O)N1CCCc2cc(NC(=O)CC3CCCCO3)ccc21. The second kappa shape index (κ2) is 7.11. The zero-order valence-electron chi connectivity index (χ0n) is 14.0. The van der Waals surface area contributed by atoms with Crippen LogP contribution in [0.1, 0.15) is 37.7 Å². The van der Waals surface area contributed by atoms with E-state index in [1.165, 1.54) is 10.6 Å². The van der Waals surface area contributed by atoms with Crippen LogP contribution in [0.2, 0.25) is 0 Å². The van der Waals surface area contributed by atoms with Crippen molar-refractivity contribution in [3.63, 3.8) is 0 Å². The van der Waals surface area contributed by atoms with Gasteiger partial charge in [-0.3, -0.25) is 9.10 Å². The first-order valence-electron chi connectivity index (χ1n) is 8.45. The Morgan fingerprint density at radius 2 is 2.17 bits per heavy atom. The molecule has 6 nitrogen and oxygen atoms in total. The molecular weight excluding hydrogens is 328 g/mol. The molecular formula is C17H24N2O4S. The van der Waals surface area contributed by atoms with Crippen LogP contribution in [0, 0.1) is 0 Å². The average molecular weight is 352 g/mol. The third kappa shape index (κ3) is 4.08. The first kappa shape index (κ1) is 17.2. The number of hydrogen-bond acceptors (Lipinski definition) is 4. The lowest BCUT2D eigenvalue weighted by atomic mass is 10.0. The molecule has 1 aromatic rings. The van der Waals surface area contributed by atoms with Crippen LogP contribution >= 0.6 is 0 Å². The number of carbonyl (C=O) groups excluding carboxylic acids is 1. The van der Waals surface area contributed by atoms with Gasteiger partial charge in [0.2, 0.25) is 15.9 Å². The topological polar surface area (TPSA) is 75.7 Å². The lowest BCUT2D eigenvalue weighted by Gasteiger charge is -2.29. The maximum atomic E-state index is 12.2. The Labute approximate surface area is 143 Å². The molecule has 7 heteroatoms. The number of nitrogens with zero attached hydrogens (tertiary/aromatic N) is 1. The summed E-state index contributed by atoms with van der Waals surface area (Å²) >= 11 is 0. The summed E-state index contributed by atoms with van der Waals surface area (Å²) in [7, 11) is -3.26. The van der Waals surface area contributed by atoms with Gasteiger partial charge < -0.3 is 10.1 Å². The molecule has 2 aliphatic rings. The molecule has 2 heterocycles. The number of benzene rings is 1. The molecule has 1 atom stereocenters. The minimum absolute atomic E-state index is 0.0112. The van der Waals surface area contributed by atoms with E-state index in [4.69, 9.17) is 4.74 Å². The van der Waals surface area contributed by atoms with E-state index in [1.54, 1.807) is 12.1 Å². The highest BCUT2D eigenvalue weighted by molar-refractivity contribution is 7.92. The van der Waals surface area contributed by atoms with Crippen LogP contribution in [0.5, 0.6) is 0 Å². The zero-order valence-corrected chi connectivity index (χ0v) is 14.8. The van der Waals surface area contributed by atoms with Crippen LogP contribution in [0.4, 0.5) is 11.4 Å². The minimum Gasteiger partial charge on any atom is -0.378 e. The molecule has 24 heavy (non-hydrogen) atoms. The number of amides is 1. The number of ether oxygens (including phenoxy) is 1. The van der Waals surface area contributed by atoms with Gasteiger partial charge in [-0.05, 0) is 55.9 Å². The Bertz CT molecular complexity index is 711. The Hall–Kier alpha value is -1.60. The van der Waals surface area contributed by atoms with Crippen molar-refractivity contribution in [3.8, 4) is 0 Å². The van der Waals surface area contributed by atoms with Crippen molar-refractivity contribution in [2.24, 2.45) is 0 Å². The maximum absolute atomic E-state index is 12.2. The largest absolute Gasteiger partial charge is 0.378 e. The van der Waals surface area contributed by atoms with Gasteiger partial charge in [-0.2, -0.15) is 0 Å². The normalized spacial score (nSPS) is 21.2. The molecule has 3 rings (SSSR count). The van der Waals surface area contributed by atoms with Crippen LogP contribution < -0.4 is 9.62 Å². The zero-order chi connectivity index (χ0) is 17.2. The molecule has 1 aromatic carbocycles. The van der Waals surface area contributed by atoms with Crippen LogP contribution in [0.25, 0.3) is 0 Å². The highest BCUT2D eigenvalue weighted by atomic mass is 32.2. The fourth-order valence-corrected chi connectivity index (χ4v) is 4.37. The van der Waals surface area contributed by atoms with Crippen LogP contribution in [0.15, 0.2) is 18.2 Å². The Kier molecular flexibility index (Phi) is 5.10. The molecule has 0 spiro atoms. The van der Waals surface area contributed by atoms with E-state index in [-0.39, 0.29) is 12.0 Å². The van der Waals surface area contributed by atoms with Crippen molar-refractivity contribution in [2.75, 3.05) is 29.0 Å². The standard InChI is InChI=1S/C17H24N2O4S/c1-24(21,22)19-9-4-5-13-11-14(7-8-16(13)19)18-17(20)12-15-6-2-3-10-23-15/h7-8,11,15H,2-6,9-10,12H2,1H3,(H,18,20). The Balaban J connectivity index is 1.68. The number of aryl methyl sites for hydroxylation is 1. The van der Waals surface area contributed by atoms with Crippen molar-refractivity contribution in [3.05, 3.63) is 23.8 Å². The van der Waals surface area contributed by atoms with E-state index < -0.39 is 10.0 Å². The number of sulfonamides is 1. The molecule has 0 radical (unpaired) electrons. The van der Waals surface area contributed by atoms with Crippen LogP contribution in [-0.2, 0) is 26.0 Å². The molecule has 1 N–H and O–H groups in total. The number of nitrogens with one attached hydrogen (secondary N) is 1. The summed E-state index contributed by atoms with van der Waals surface area (Å²) in [5.74, 6) is -0.0578. The number of anilines is 2. The van der Waals surface area contributed by atoms with Crippen molar-refractivity contribution >= 4 is 27.3 Å². The van der Waals surface area contributed by atoms with Crippen LogP contribution in [0.3, 0.4) is 0 Å². The van der Waals surface area contributed by atoms with E-state index in [2.05, 4.69) is 5.32 Å². The molecule has 0 aliphatic carbocycles. The van der Waals surface area contributed by atoms with Gasteiger partial charge in [-0.1, -0.05) is 0 Å². The van der Waals surface area contributed by atoms with Gasteiger partial charge in [-0.15, -0.1) is 0 Å². The van der Waals surface area contributed by atoms with Crippen molar-refractivity contribution < 1.29 is 17.9 Å². The monoisotopic (exact) mass is 352 g/mol. The summed E-state index contributed by atoms with van der Waals surface area (Å²) in [5.41, 5.74) is 2.39. The Morgan fingerprint density at radius 3 is 2.88 bits per heavy atom. The summed E-state index contributed by atoms with van der Waals surface area (Å²) in [4.78, 5) is 12.2. The molecule has 1 fully saturated rings. The van der Waals surface area contributed by atoms with E-state index in [1.807, 2.05) is 6.07 Å². The first-order valence-corrected chi connectivity index (χ1v) is 10.3. The quantitative estimate of drug-likeness (QED) is 0.902. The van der Waals surface area contributed by atoms with E-state index >= 15 is 0 Å². The highest BCUT2D eigenvalue weighted by Gasteiger charge is 2.24. The fourth-order valence-electron chi connectivity index (χ4n) is 3.37. The van der Waals surface area contributed by atoms with Gasteiger partial charge in [0.25, 0.3) is 0 Å². The lowest BCUT2D eigenvalue weighted by Crippen LogP contribution is -2.34. The minimum atomic E-state index is -3.26. The van der Waals surface area contributed by atoms with Crippen molar-refractivity contribution in [1.82, 2.24) is 0 Å². The number of carbonyl (C=O) groups is 1. The van der Waals surface area contributed by atoms with Gasteiger partial charge >= 0.3 is 0 Å². The second-order valence-electron chi connectivity index (χ2n) is 6.52. The van der Waals surface area contributed by atoms with Gasteiger partial charge in [0.1, 0.15) is 0 Å². The van der Waals surface area contributed by atoms with E-state index in [9.17, 15) is 13.2 Å². The third-order valence-electron chi connectivity index (χ3n) is 4.53. The van der Waals surface area contributed by atoms with Gasteiger partial charge in [0.05, 0.1) is 24.5 Å². The fraction of sp³-hybridized carbons (Fsp3) is 0.588.